The van der Waals surface area contributed by atoms with Crippen LogP contribution in [0.5, 0.6) is 0 Å². The maximum atomic E-state index is 11.7. The van der Waals surface area contributed by atoms with E-state index >= 15 is 0 Å². The number of urea groups is 1. The second-order valence-electron chi connectivity index (χ2n) is 6.53. The Morgan fingerprint density at radius 2 is 1.81 bits per heavy atom. The van der Waals surface area contributed by atoms with Crippen LogP contribution in [-0.4, -0.2) is 30.6 Å². The van der Waals surface area contributed by atoms with Crippen molar-refractivity contribution in [2.75, 3.05) is 6.54 Å². The zero-order chi connectivity index (χ0) is 15.1. The minimum atomic E-state index is -0.0892. The Bertz CT molecular complexity index is 349. The van der Waals surface area contributed by atoms with E-state index in [1.54, 1.807) is 0 Å². The molecule has 0 aromatic rings. The summed E-state index contributed by atoms with van der Waals surface area (Å²) in [7, 11) is 0. The summed E-state index contributed by atoms with van der Waals surface area (Å²) in [5.41, 5.74) is 0. The molecule has 0 saturated heterocycles. The summed E-state index contributed by atoms with van der Waals surface area (Å²) in [6.07, 6.45) is 9.56. The third-order valence-electron chi connectivity index (χ3n) is 4.52. The van der Waals surface area contributed by atoms with E-state index in [0.29, 0.717) is 37.4 Å². The van der Waals surface area contributed by atoms with Gasteiger partial charge in [0.2, 0.25) is 5.91 Å². The number of nitrogens with one attached hydrogen (secondary N) is 3. The lowest BCUT2D eigenvalue weighted by atomic mass is 9.96. The summed E-state index contributed by atoms with van der Waals surface area (Å²) in [6, 6.07) is 0.551. The predicted octanol–water partition coefficient (Wildman–Crippen LogP) is 2.31. The van der Waals surface area contributed by atoms with Crippen LogP contribution in [0.4, 0.5) is 4.79 Å². The highest BCUT2D eigenvalue weighted by molar-refractivity contribution is 5.76. The Morgan fingerprint density at radius 1 is 1.10 bits per heavy atom. The molecule has 0 aromatic heterocycles. The molecule has 0 spiro atoms. The first-order valence-corrected chi connectivity index (χ1v) is 8.49. The van der Waals surface area contributed by atoms with E-state index in [-0.39, 0.29) is 11.9 Å². The van der Waals surface area contributed by atoms with Crippen molar-refractivity contribution in [2.24, 2.45) is 5.92 Å². The van der Waals surface area contributed by atoms with Gasteiger partial charge in [0.1, 0.15) is 0 Å². The van der Waals surface area contributed by atoms with Gasteiger partial charge in [-0.15, -0.1) is 0 Å². The summed E-state index contributed by atoms with van der Waals surface area (Å²) in [5.74, 6) is 0.789. The van der Waals surface area contributed by atoms with E-state index in [1.165, 1.54) is 32.1 Å². The van der Waals surface area contributed by atoms with E-state index < -0.39 is 0 Å². The van der Waals surface area contributed by atoms with Crippen LogP contribution in [-0.2, 0) is 4.79 Å². The fourth-order valence-corrected chi connectivity index (χ4v) is 2.97. The van der Waals surface area contributed by atoms with E-state index in [4.69, 9.17) is 0 Å². The van der Waals surface area contributed by atoms with Crippen molar-refractivity contribution in [1.82, 2.24) is 16.0 Å². The molecule has 0 bridgehead atoms. The monoisotopic (exact) mass is 295 g/mol. The summed E-state index contributed by atoms with van der Waals surface area (Å²) in [5, 5.41) is 8.88. The zero-order valence-corrected chi connectivity index (χ0v) is 13.1. The molecule has 0 aliphatic heterocycles. The van der Waals surface area contributed by atoms with Crippen LogP contribution in [0.1, 0.15) is 64.7 Å². The van der Waals surface area contributed by atoms with Crippen molar-refractivity contribution < 1.29 is 9.59 Å². The van der Waals surface area contributed by atoms with Gasteiger partial charge in [-0.1, -0.05) is 19.3 Å². The predicted molar refractivity (Wildman–Crippen MR) is 83.0 cm³/mol. The fourth-order valence-electron chi connectivity index (χ4n) is 2.97. The van der Waals surface area contributed by atoms with Crippen LogP contribution in [0.2, 0.25) is 0 Å². The van der Waals surface area contributed by atoms with E-state index in [9.17, 15) is 9.59 Å². The van der Waals surface area contributed by atoms with E-state index in [0.717, 1.165) is 12.8 Å². The van der Waals surface area contributed by atoms with Gasteiger partial charge >= 0.3 is 6.03 Å². The second-order valence-corrected chi connectivity index (χ2v) is 6.53. The molecule has 1 atom stereocenters. The number of rotatable bonds is 7. The summed E-state index contributed by atoms with van der Waals surface area (Å²) in [4.78, 5) is 23.4. The van der Waals surface area contributed by atoms with E-state index in [1.807, 2.05) is 0 Å². The first-order valence-electron chi connectivity index (χ1n) is 8.49. The Hall–Kier alpha value is -1.26. The van der Waals surface area contributed by atoms with Gasteiger partial charge in [-0.25, -0.2) is 4.79 Å². The van der Waals surface area contributed by atoms with Crippen molar-refractivity contribution in [1.29, 1.82) is 0 Å². The molecule has 2 saturated carbocycles. The zero-order valence-electron chi connectivity index (χ0n) is 13.1. The lowest BCUT2D eigenvalue weighted by molar-refractivity contribution is -0.121. The van der Waals surface area contributed by atoms with Crippen LogP contribution < -0.4 is 16.0 Å². The molecule has 21 heavy (non-hydrogen) atoms. The van der Waals surface area contributed by atoms with Gasteiger partial charge in [0.25, 0.3) is 0 Å². The van der Waals surface area contributed by atoms with Crippen molar-refractivity contribution in [2.45, 2.75) is 76.8 Å². The molecule has 120 valence electrons. The number of amides is 3. The molecule has 0 heterocycles. The Balaban J connectivity index is 1.48. The summed E-state index contributed by atoms with van der Waals surface area (Å²) >= 11 is 0. The molecule has 5 nitrogen and oxygen atoms in total. The highest BCUT2D eigenvalue weighted by Gasteiger charge is 2.28. The fraction of sp³-hybridized carbons (Fsp3) is 0.875. The number of hydrogen-bond donors (Lipinski definition) is 3. The van der Waals surface area contributed by atoms with Gasteiger partial charge in [-0.3, -0.25) is 4.79 Å². The third-order valence-corrected chi connectivity index (χ3v) is 4.52. The summed E-state index contributed by atoms with van der Waals surface area (Å²) in [6.45, 7) is 2.63. The first kappa shape index (κ1) is 16.1. The van der Waals surface area contributed by atoms with Gasteiger partial charge in [0.15, 0.2) is 0 Å². The molecule has 5 heteroatoms. The molecule has 2 aliphatic carbocycles. The van der Waals surface area contributed by atoms with E-state index in [2.05, 4.69) is 22.9 Å². The minimum absolute atomic E-state index is 0.0892. The van der Waals surface area contributed by atoms with Gasteiger partial charge < -0.3 is 16.0 Å². The highest BCUT2D eigenvalue weighted by Crippen LogP contribution is 2.32. The standard InChI is InChI=1S/C16H29N3O2/c1-12(13-9-10-13)18-15(20)8-5-11-17-16(21)19-14-6-3-2-4-7-14/h12-14H,2-11H2,1H3,(H,18,20)(H2,17,19,21). The van der Waals surface area contributed by atoms with Crippen LogP contribution in [0, 0.1) is 5.92 Å². The van der Waals surface area contributed by atoms with Crippen LogP contribution in [0.25, 0.3) is 0 Å². The average Bonchev–Trinajstić information content (AvgIpc) is 3.29. The molecule has 3 N–H and O–H groups in total. The molecule has 2 aliphatic rings. The SMILES string of the molecule is CC(NC(=O)CCCNC(=O)NC1CCCCC1)C1CC1. The lowest BCUT2D eigenvalue weighted by Gasteiger charge is -2.22. The van der Waals surface area contributed by atoms with Crippen molar-refractivity contribution in [3.05, 3.63) is 0 Å². The largest absolute Gasteiger partial charge is 0.353 e. The third kappa shape index (κ3) is 6.36. The van der Waals surface area contributed by atoms with Gasteiger partial charge in [-0.05, 0) is 44.9 Å². The molecule has 0 aromatic carbocycles. The smallest absolute Gasteiger partial charge is 0.315 e. The minimum Gasteiger partial charge on any atom is -0.353 e. The normalized spacial score (nSPS) is 20.6. The highest BCUT2D eigenvalue weighted by atomic mass is 16.2. The molecule has 0 radical (unpaired) electrons. The van der Waals surface area contributed by atoms with Crippen molar-refractivity contribution in [3.8, 4) is 0 Å². The van der Waals surface area contributed by atoms with Gasteiger partial charge in [-0.2, -0.15) is 0 Å². The van der Waals surface area contributed by atoms with Crippen molar-refractivity contribution in [3.63, 3.8) is 0 Å². The topological polar surface area (TPSA) is 70.2 Å². The molecule has 3 amide bonds. The Labute approximate surface area is 127 Å². The maximum absolute atomic E-state index is 11.7. The number of hydrogen-bond acceptors (Lipinski definition) is 2. The molecule has 2 fully saturated rings. The van der Waals surface area contributed by atoms with Crippen molar-refractivity contribution >= 4 is 11.9 Å². The molecular formula is C16H29N3O2. The maximum Gasteiger partial charge on any atom is 0.315 e. The van der Waals surface area contributed by atoms with Crippen LogP contribution >= 0.6 is 0 Å². The number of carbonyl (C=O) groups is 2. The van der Waals surface area contributed by atoms with Crippen LogP contribution in [0.15, 0.2) is 0 Å². The second kappa shape index (κ2) is 8.25. The quantitative estimate of drug-likeness (QED) is 0.631. The molecular weight excluding hydrogens is 266 g/mol. The van der Waals surface area contributed by atoms with Crippen LogP contribution in [0.3, 0.4) is 0 Å². The van der Waals surface area contributed by atoms with Gasteiger partial charge in [0.05, 0.1) is 0 Å². The average molecular weight is 295 g/mol. The lowest BCUT2D eigenvalue weighted by Crippen LogP contribution is -2.43. The number of carbonyl (C=O) groups excluding carboxylic acids is 2. The molecule has 2 rings (SSSR count). The first-order chi connectivity index (χ1) is 10.1. The summed E-state index contributed by atoms with van der Waals surface area (Å²) < 4.78 is 0. The molecule has 1 unspecified atom stereocenters. The van der Waals surface area contributed by atoms with Gasteiger partial charge in [0, 0.05) is 25.0 Å². The Kier molecular flexibility index (Phi) is 6.33. The Morgan fingerprint density at radius 3 is 2.48 bits per heavy atom.